The van der Waals surface area contributed by atoms with Gasteiger partial charge in [0.15, 0.2) is 0 Å². The van der Waals surface area contributed by atoms with Crippen LogP contribution in [0.25, 0.3) is 0 Å². The molecule has 96 valence electrons. The summed E-state index contributed by atoms with van der Waals surface area (Å²) >= 11 is 4.82. The zero-order valence-corrected chi connectivity index (χ0v) is 12.9. The minimum Gasteiger partial charge on any atom is -0.348 e. The van der Waals surface area contributed by atoms with Crippen molar-refractivity contribution >= 4 is 33.2 Å². The maximum atomic E-state index is 11.9. The number of thiophene rings is 1. The van der Waals surface area contributed by atoms with Crippen molar-refractivity contribution in [1.82, 2.24) is 10.2 Å². The summed E-state index contributed by atoms with van der Waals surface area (Å²) in [6.07, 6.45) is 0. The zero-order chi connectivity index (χ0) is 12.8. The van der Waals surface area contributed by atoms with Crippen LogP contribution >= 0.6 is 27.3 Å². The highest BCUT2D eigenvalue weighted by Crippen LogP contribution is 2.21. The van der Waals surface area contributed by atoms with Crippen LogP contribution in [0.2, 0.25) is 0 Å². The number of carbonyl (C=O) groups is 1. The summed E-state index contributed by atoms with van der Waals surface area (Å²) in [6, 6.07) is 3.91. The maximum absolute atomic E-state index is 11.9. The molecule has 0 aliphatic carbocycles. The van der Waals surface area contributed by atoms with Gasteiger partial charge in [0.1, 0.15) is 0 Å². The van der Waals surface area contributed by atoms with Crippen molar-refractivity contribution in [2.24, 2.45) is 0 Å². The lowest BCUT2D eigenvalue weighted by atomic mass is 10.3. The molecule has 0 saturated heterocycles. The number of hydrogen-bond donors (Lipinski definition) is 1. The Kier molecular flexibility index (Phi) is 6.16. The average molecular weight is 319 g/mol. The van der Waals surface area contributed by atoms with E-state index in [1.54, 1.807) is 0 Å². The fourth-order valence-corrected chi connectivity index (χ4v) is 2.94. The van der Waals surface area contributed by atoms with Gasteiger partial charge in [-0.15, -0.1) is 11.3 Å². The van der Waals surface area contributed by atoms with E-state index >= 15 is 0 Å². The van der Waals surface area contributed by atoms with Crippen LogP contribution in [0, 0.1) is 0 Å². The summed E-state index contributed by atoms with van der Waals surface area (Å²) in [5.41, 5.74) is 0. The fourth-order valence-electron chi connectivity index (χ4n) is 1.65. The Bertz CT molecular complexity index is 363. The van der Waals surface area contributed by atoms with Gasteiger partial charge in [0.05, 0.1) is 8.66 Å². The average Bonchev–Trinajstić information content (AvgIpc) is 2.72. The van der Waals surface area contributed by atoms with E-state index in [0.717, 1.165) is 28.3 Å². The standard InChI is InChI=1S/C12H19BrN2OS/c1-4-15(5-2)8-9(3)14-12(16)10-6-7-11(13)17-10/h6-7,9H,4-5,8H2,1-3H3,(H,14,16). The Labute approximate surface area is 115 Å². The molecule has 1 atom stereocenters. The minimum absolute atomic E-state index is 0.0142. The quantitative estimate of drug-likeness (QED) is 0.874. The molecule has 0 spiro atoms. The van der Waals surface area contributed by atoms with Gasteiger partial charge in [0.25, 0.3) is 5.91 Å². The lowest BCUT2D eigenvalue weighted by Gasteiger charge is -2.23. The molecule has 3 nitrogen and oxygen atoms in total. The van der Waals surface area contributed by atoms with Crippen LogP contribution < -0.4 is 5.32 Å². The predicted octanol–water partition coefficient (Wildman–Crippen LogP) is 2.97. The summed E-state index contributed by atoms with van der Waals surface area (Å²) in [6.45, 7) is 9.23. The largest absolute Gasteiger partial charge is 0.348 e. The van der Waals surface area contributed by atoms with Crippen LogP contribution in [-0.2, 0) is 0 Å². The topological polar surface area (TPSA) is 32.3 Å². The summed E-state index contributed by atoms with van der Waals surface area (Å²) in [5.74, 6) is 0.0142. The van der Waals surface area contributed by atoms with Crippen molar-refractivity contribution in [1.29, 1.82) is 0 Å². The first-order chi connectivity index (χ1) is 8.06. The molecule has 1 heterocycles. The first kappa shape index (κ1) is 14.7. The number of likely N-dealkylation sites (N-methyl/N-ethyl adjacent to an activating group) is 1. The molecule has 1 rings (SSSR count). The molecule has 5 heteroatoms. The third-order valence-electron chi connectivity index (χ3n) is 2.60. The predicted molar refractivity (Wildman–Crippen MR) is 76.7 cm³/mol. The van der Waals surface area contributed by atoms with Gasteiger partial charge >= 0.3 is 0 Å². The smallest absolute Gasteiger partial charge is 0.261 e. The molecule has 0 radical (unpaired) electrons. The van der Waals surface area contributed by atoms with E-state index < -0.39 is 0 Å². The molecule has 1 aromatic rings. The molecular weight excluding hydrogens is 300 g/mol. The maximum Gasteiger partial charge on any atom is 0.261 e. The van der Waals surface area contributed by atoms with E-state index in [4.69, 9.17) is 0 Å². The molecule has 0 aliphatic rings. The highest BCUT2D eigenvalue weighted by molar-refractivity contribution is 9.11. The second-order valence-corrected chi connectivity index (χ2v) is 6.43. The molecule has 1 aromatic heterocycles. The molecule has 0 aliphatic heterocycles. The first-order valence-electron chi connectivity index (χ1n) is 5.85. The highest BCUT2D eigenvalue weighted by Gasteiger charge is 2.13. The molecule has 1 unspecified atom stereocenters. The monoisotopic (exact) mass is 318 g/mol. The van der Waals surface area contributed by atoms with Crippen molar-refractivity contribution in [3.63, 3.8) is 0 Å². The number of halogens is 1. The molecule has 0 bridgehead atoms. The number of nitrogens with one attached hydrogen (secondary N) is 1. The van der Waals surface area contributed by atoms with Gasteiger partial charge < -0.3 is 10.2 Å². The van der Waals surface area contributed by atoms with Crippen LogP contribution in [-0.4, -0.2) is 36.5 Å². The van der Waals surface area contributed by atoms with Crippen LogP contribution in [0.5, 0.6) is 0 Å². The van der Waals surface area contributed by atoms with Gasteiger partial charge in [-0.3, -0.25) is 4.79 Å². The van der Waals surface area contributed by atoms with Crippen LogP contribution in [0.15, 0.2) is 15.9 Å². The Hall–Kier alpha value is -0.390. The third kappa shape index (κ3) is 4.77. The summed E-state index contributed by atoms with van der Waals surface area (Å²) in [4.78, 5) is 14.9. The molecule has 0 fully saturated rings. The fraction of sp³-hybridized carbons (Fsp3) is 0.583. The van der Waals surface area contributed by atoms with E-state index in [1.807, 2.05) is 19.1 Å². The summed E-state index contributed by atoms with van der Waals surface area (Å²) in [7, 11) is 0. The summed E-state index contributed by atoms with van der Waals surface area (Å²) in [5, 5.41) is 3.02. The molecule has 1 N–H and O–H groups in total. The number of carbonyl (C=O) groups excluding carboxylic acids is 1. The van der Waals surface area contributed by atoms with Crippen LogP contribution in [0.1, 0.15) is 30.4 Å². The Morgan fingerprint density at radius 1 is 1.47 bits per heavy atom. The van der Waals surface area contributed by atoms with Crippen molar-refractivity contribution in [2.45, 2.75) is 26.8 Å². The second kappa shape index (κ2) is 7.13. The minimum atomic E-state index is 0.0142. The lowest BCUT2D eigenvalue weighted by Crippen LogP contribution is -2.41. The van der Waals surface area contributed by atoms with Crippen LogP contribution in [0.3, 0.4) is 0 Å². The zero-order valence-electron chi connectivity index (χ0n) is 10.5. The van der Waals surface area contributed by atoms with Crippen LogP contribution in [0.4, 0.5) is 0 Å². The second-order valence-electron chi connectivity index (χ2n) is 3.96. The lowest BCUT2D eigenvalue weighted by molar-refractivity contribution is 0.0934. The molecule has 1 amide bonds. The summed E-state index contributed by atoms with van der Waals surface area (Å²) < 4.78 is 0.985. The molecule has 0 saturated carbocycles. The van der Waals surface area contributed by atoms with Crippen molar-refractivity contribution in [3.05, 3.63) is 20.8 Å². The highest BCUT2D eigenvalue weighted by atomic mass is 79.9. The third-order valence-corrected chi connectivity index (χ3v) is 4.22. The number of amides is 1. The Balaban J connectivity index is 2.45. The molecule has 17 heavy (non-hydrogen) atoms. The van der Waals surface area contributed by atoms with Gasteiger partial charge in [-0.2, -0.15) is 0 Å². The number of rotatable bonds is 6. The van der Waals surface area contributed by atoms with Gasteiger partial charge in [-0.1, -0.05) is 13.8 Å². The van der Waals surface area contributed by atoms with E-state index in [0.29, 0.717) is 0 Å². The SMILES string of the molecule is CCN(CC)CC(C)NC(=O)c1ccc(Br)s1. The van der Waals surface area contributed by atoms with Gasteiger partial charge in [0, 0.05) is 12.6 Å². The molecular formula is C12H19BrN2OS. The Morgan fingerprint density at radius 2 is 2.12 bits per heavy atom. The number of nitrogens with zero attached hydrogens (tertiary/aromatic N) is 1. The van der Waals surface area contributed by atoms with Gasteiger partial charge in [-0.05, 0) is 48.1 Å². The Morgan fingerprint density at radius 3 is 2.59 bits per heavy atom. The van der Waals surface area contributed by atoms with E-state index in [1.165, 1.54) is 11.3 Å². The van der Waals surface area contributed by atoms with Gasteiger partial charge in [0.2, 0.25) is 0 Å². The first-order valence-corrected chi connectivity index (χ1v) is 7.46. The number of hydrogen-bond acceptors (Lipinski definition) is 3. The van der Waals surface area contributed by atoms with E-state index in [2.05, 4.69) is 40.0 Å². The van der Waals surface area contributed by atoms with E-state index in [-0.39, 0.29) is 11.9 Å². The molecule has 0 aromatic carbocycles. The van der Waals surface area contributed by atoms with Gasteiger partial charge in [-0.25, -0.2) is 0 Å². The van der Waals surface area contributed by atoms with Crippen molar-refractivity contribution in [2.75, 3.05) is 19.6 Å². The van der Waals surface area contributed by atoms with E-state index in [9.17, 15) is 4.79 Å². The van der Waals surface area contributed by atoms with Crippen molar-refractivity contribution in [3.8, 4) is 0 Å². The van der Waals surface area contributed by atoms with Crippen molar-refractivity contribution < 1.29 is 4.79 Å². The normalized spacial score (nSPS) is 12.8.